The van der Waals surface area contributed by atoms with Gasteiger partial charge in [-0.15, -0.1) is 0 Å². The Labute approximate surface area is 218 Å². The minimum atomic E-state index is -4.05. The van der Waals surface area contributed by atoms with E-state index in [0.717, 1.165) is 0 Å². The lowest BCUT2D eigenvalue weighted by Crippen LogP contribution is -2.22. The smallest absolute Gasteiger partial charge is 0.404 e. The quantitative estimate of drug-likeness (QED) is 0.243. The second-order valence-electron chi connectivity index (χ2n) is 8.58. The van der Waals surface area contributed by atoms with Crippen molar-refractivity contribution in [1.29, 1.82) is 0 Å². The number of amides is 1. The van der Waals surface area contributed by atoms with Crippen molar-refractivity contribution in [3.8, 4) is 17.2 Å². The highest BCUT2D eigenvalue weighted by atomic mass is 32.2. The zero-order valence-corrected chi connectivity index (χ0v) is 21.9. The summed E-state index contributed by atoms with van der Waals surface area (Å²) in [7, 11) is 0.829. The molecular formula is C24H28N6O7S. The van der Waals surface area contributed by atoms with E-state index in [1.807, 2.05) is 0 Å². The SMILES string of the molecule is Cn1cnc(S(=O)(=O)Nc2cc3c(cc2Oc2cccc(OCCCCNC(=O)O)c2)n(C)c(=O)n3C)c1. The molecule has 0 unspecified atom stereocenters. The lowest BCUT2D eigenvalue weighted by molar-refractivity contribution is 0.194. The van der Waals surface area contributed by atoms with Crippen LogP contribution in [0.1, 0.15) is 12.8 Å². The topological polar surface area (TPSA) is 159 Å². The van der Waals surface area contributed by atoms with Crippen LogP contribution >= 0.6 is 0 Å². The summed E-state index contributed by atoms with van der Waals surface area (Å²) >= 11 is 0. The van der Waals surface area contributed by atoms with Crippen LogP contribution in [0.2, 0.25) is 0 Å². The van der Waals surface area contributed by atoms with Crippen molar-refractivity contribution in [3.05, 3.63) is 59.4 Å². The van der Waals surface area contributed by atoms with Crippen molar-refractivity contribution >= 4 is 32.8 Å². The number of nitrogens with one attached hydrogen (secondary N) is 2. The molecule has 0 fully saturated rings. The largest absolute Gasteiger partial charge is 0.493 e. The predicted molar refractivity (Wildman–Crippen MR) is 139 cm³/mol. The average Bonchev–Trinajstić information content (AvgIpc) is 3.40. The molecule has 0 aliphatic carbocycles. The van der Waals surface area contributed by atoms with Crippen LogP contribution in [-0.4, -0.2) is 51.5 Å². The van der Waals surface area contributed by atoms with Crippen LogP contribution < -0.4 is 25.2 Å². The number of ether oxygens (including phenoxy) is 2. The van der Waals surface area contributed by atoms with Gasteiger partial charge in [0, 0.05) is 46.0 Å². The number of fused-ring (bicyclic) bond motifs is 1. The van der Waals surface area contributed by atoms with Crippen LogP contribution in [0.5, 0.6) is 17.2 Å². The highest BCUT2D eigenvalue weighted by Gasteiger charge is 2.22. The Morgan fingerprint density at radius 2 is 1.76 bits per heavy atom. The first-order chi connectivity index (χ1) is 18.0. The molecule has 0 bridgehead atoms. The number of hydrogen-bond donors (Lipinski definition) is 3. The molecule has 4 aromatic rings. The number of carboxylic acid groups (broad SMARTS) is 1. The number of aryl methyl sites for hydroxylation is 3. The molecule has 38 heavy (non-hydrogen) atoms. The number of anilines is 1. The highest BCUT2D eigenvalue weighted by molar-refractivity contribution is 7.92. The van der Waals surface area contributed by atoms with E-state index in [0.29, 0.717) is 48.5 Å². The fraction of sp³-hybridized carbons (Fsp3) is 0.292. The molecular weight excluding hydrogens is 516 g/mol. The Morgan fingerprint density at radius 3 is 2.45 bits per heavy atom. The van der Waals surface area contributed by atoms with Gasteiger partial charge in [0.2, 0.25) is 0 Å². The third-order valence-electron chi connectivity index (χ3n) is 5.72. The zero-order chi connectivity index (χ0) is 27.4. The van der Waals surface area contributed by atoms with E-state index < -0.39 is 16.1 Å². The van der Waals surface area contributed by atoms with E-state index in [1.165, 1.54) is 32.3 Å². The second-order valence-corrected chi connectivity index (χ2v) is 10.2. The molecule has 0 radical (unpaired) electrons. The van der Waals surface area contributed by atoms with Gasteiger partial charge < -0.3 is 24.5 Å². The Kier molecular flexibility index (Phi) is 7.62. The van der Waals surface area contributed by atoms with Crippen molar-refractivity contribution in [2.45, 2.75) is 17.9 Å². The highest BCUT2D eigenvalue weighted by Crippen LogP contribution is 2.35. The molecule has 2 heterocycles. The number of unbranched alkanes of at least 4 members (excludes halogenated alkanes) is 1. The minimum absolute atomic E-state index is 0.126. The number of nitrogens with zero attached hydrogens (tertiary/aromatic N) is 4. The number of carbonyl (C=O) groups is 1. The Bertz CT molecular complexity index is 1640. The van der Waals surface area contributed by atoms with Gasteiger partial charge in [0.1, 0.15) is 11.5 Å². The number of rotatable bonds is 11. The molecule has 0 aliphatic rings. The first-order valence-corrected chi connectivity index (χ1v) is 13.1. The Morgan fingerprint density at radius 1 is 1.05 bits per heavy atom. The van der Waals surface area contributed by atoms with Crippen molar-refractivity contribution < 1.29 is 27.8 Å². The van der Waals surface area contributed by atoms with E-state index in [2.05, 4.69) is 15.0 Å². The molecule has 14 heteroatoms. The van der Waals surface area contributed by atoms with E-state index >= 15 is 0 Å². The zero-order valence-electron chi connectivity index (χ0n) is 21.0. The van der Waals surface area contributed by atoms with Crippen molar-refractivity contribution in [1.82, 2.24) is 24.0 Å². The first kappa shape index (κ1) is 26.6. The standard InChI is InChI=1S/C24H28N6O7S/c1-28-14-22(26-15-28)38(34,35)27-18-12-19-20(30(3)24(33)29(19)2)13-21(18)37-17-8-6-7-16(11-17)36-10-5-4-9-25-23(31)32/h6-8,11-15,25,27H,4-5,9-10H2,1-3H3,(H,31,32). The van der Waals surface area contributed by atoms with Crippen LogP contribution in [0.15, 0.2) is 58.7 Å². The molecule has 3 N–H and O–H groups in total. The van der Waals surface area contributed by atoms with Gasteiger partial charge in [0.15, 0.2) is 10.8 Å². The van der Waals surface area contributed by atoms with Crippen LogP contribution in [0.3, 0.4) is 0 Å². The van der Waals surface area contributed by atoms with E-state index in [4.69, 9.17) is 14.6 Å². The fourth-order valence-corrected chi connectivity index (χ4v) is 4.83. The molecule has 0 spiro atoms. The normalized spacial score (nSPS) is 11.4. The van der Waals surface area contributed by atoms with Crippen molar-refractivity contribution in [2.75, 3.05) is 17.9 Å². The summed E-state index contributed by atoms with van der Waals surface area (Å²) in [5.74, 6) is 1.08. The van der Waals surface area contributed by atoms with Crippen LogP contribution in [0, 0.1) is 0 Å². The molecule has 1 amide bonds. The third-order valence-corrected chi connectivity index (χ3v) is 6.97. The lowest BCUT2D eigenvalue weighted by Gasteiger charge is -2.15. The molecule has 0 saturated carbocycles. The number of benzene rings is 2. The molecule has 4 rings (SSSR count). The molecule has 2 aromatic heterocycles. The summed E-state index contributed by atoms with van der Waals surface area (Å²) in [4.78, 5) is 26.9. The van der Waals surface area contributed by atoms with Gasteiger partial charge in [0.05, 0.1) is 29.7 Å². The van der Waals surface area contributed by atoms with Gasteiger partial charge >= 0.3 is 11.8 Å². The lowest BCUT2D eigenvalue weighted by atomic mass is 10.2. The summed E-state index contributed by atoms with van der Waals surface area (Å²) in [6.45, 7) is 0.710. The summed E-state index contributed by atoms with van der Waals surface area (Å²) in [6, 6.07) is 9.95. The monoisotopic (exact) mass is 544 g/mol. The molecule has 2 aromatic carbocycles. The number of sulfonamides is 1. The Balaban J connectivity index is 1.60. The van der Waals surface area contributed by atoms with Crippen molar-refractivity contribution in [3.63, 3.8) is 0 Å². The fourth-order valence-electron chi connectivity index (χ4n) is 3.78. The van der Waals surface area contributed by atoms with Gasteiger partial charge in [0.25, 0.3) is 10.0 Å². The van der Waals surface area contributed by atoms with Gasteiger partial charge in [-0.3, -0.25) is 13.9 Å². The predicted octanol–water partition coefficient (Wildman–Crippen LogP) is 2.63. The number of aromatic nitrogens is 4. The van der Waals surface area contributed by atoms with Crippen LogP contribution in [-0.2, 0) is 31.2 Å². The molecule has 13 nitrogen and oxygen atoms in total. The maximum Gasteiger partial charge on any atom is 0.404 e. The average molecular weight is 545 g/mol. The first-order valence-electron chi connectivity index (χ1n) is 11.6. The molecule has 202 valence electrons. The number of imidazole rings is 2. The third kappa shape index (κ3) is 5.91. The van der Waals surface area contributed by atoms with Crippen molar-refractivity contribution in [2.24, 2.45) is 21.1 Å². The van der Waals surface area contributed by atoms with E-state index in [-0.39, 0.29) is 22.2 Å². The van der Waals surface area contributed by atoms with E-state index in [9.17, 15) is 18.0 Å². The maximum absolute atomic E-state index is 13.0. The van der Waals surface area contributed by atoms with Crippen LogP contribution in [0.4, 0.5) is 10.5 Å². The minimum Gasteiger partial charge on any atom is -0.493 e. The Hall–Kier alpha value is -4.46. The second kappa shape index (κ2) is 10.9. The molecule has 0 atom stereocenters. The van der Waals surface area contributed by atoms with Gasteiger partial charge in [-0.2, -0.15) is 8.42 Å². The summed E-state index contributed by atoms with van der Waals surface area (Å²) in [5.41, 5.74) is 0.917. The van der Waals surface area contributed by atoms with Gasteiger partial charge in [-0.25, -0.2) is 14.6 Å². The van der Waals surface area contributed by atoms with Gasteiger partial charge in [-0.1, -0.05) is 6.07 Å². The summed E-state index contributed by atoms with van der Waals surface area (Å²) in [5, 5.41) is 10.7. The van der Waals surface area contributed by atoms with E-state index in [1.54, 1.807) is 51.5 Å². The summed E-state index contributed by atoms with van der Waals surface area (Å²) < 4.78 is 44.8. The maximum atomic E-state index is 13.0. The summed E-state index contributed by atoms with van der Waals surface area (Å²) in [6.07, 6.45) is 2.95. The van der Waals surface area contributed by atoms with Gasteiger partial charge in [-0.05, 0) is 31.0 Å². The van der Waals surface area contributed by atoms with Crippen LogP contribution in [0.25, 0.3) is 11.0 Å². The number of hydrogen-bond acceptors (Lipinski definition) is 7. The molecule has 0 saturated heterocycles. The molecule has 0 aliphatic heterocycles.